The van der Waals surface area contributed by atoms with Gasteiger partial charge in [-0.1, -0.05) is 0 Å². The Balaban J connectivity index is 2.22. The number of carbonyl (C=O) groups is 1. The molecule has 0 N–H and O–H groups in total. The van der Waals surface area contributed by atoms with Crippen molar-refractivity contribution >= 4 is 5.91 Å². The first-order chi connectivity index (χ1) is 8.22. The van der Waals surface area contributed by atoms with Crippen LogP contribution in [0.25, 0.3) is 5.69 Å². The highest BCUT2D eigenvalue weighted by Crippen LogP contribution is 2.11. The Morgan fingerprint density at radius 1 is 1.18 bits per heavy atom. The summed E-state index contributed by atoms with van der Waals surface area (Å²) in [6.07, 6.45) is 3.96. The van der Waals surface area contributed by atoms with Crippen LogP contribution in [0.3, 0.4) is 0 Å². The predicted molar refractivity (Wildman–Crippen MR) is 68.4 cm³/mol. The number of nitrogens with zero attached hydrogens (tertiary/aromatic N) is 2. The second-order valence-electron chi connectivity index (χ2n) is 3.96. The van der Waals surface area contributed by atoms with Crippen molar-refractivity contribution in [3.8, 4) is 5.69 Å². The van der Waals surface area contributed by atoms with Gasteiger partial charge in [-0.3, -0.25) is 4.79 Å². The van der Waals surface area contributed by atoms with Gasteiger partial charge in [0, 0.05) is 37.2 Å². The molecule has 1 aromatic carbocycles. The molecule has 0 aliphatic rings. The fourth-order valence-electron chi connectivity index (χ4n) is 1.65. The summed E-state index contributed by atoms with van der Waals surface area (Å²) in [5, 5.41) is 0. The summed E-state index contributed by atoms with van der Waals surface area (Å²) in [5.41, 5.74) is 1.79. The minimum absolute atomic E-state index is 0.0616. The molecule has 17 heavy (non-hydrogen) atoms. The molecular formula is C14H16N2O. The smallest absolute Gasteiger partial charge is 0.253 e. The molecule has 0 unspecified atom stereocenters. The summed E-state index contributed by atoms with van der Waals surface area (Å²) < 4.78 is 2.01. The Morgan fingerprint density at radius 3 is 2.29 bits per heavy atom. The van der Waals surface area contributed by atoms with Gasteiger partial charge >= 0.3 is 0 Å². The minimum Gasteiger partial charge on any atom is -0.342 e. The second kappa shape index (κ2) is 4.87. The SMILES string of the molecule is CCN(C)C(=O)c1ccc(-n2cccc2)cc1. The molecule has 0 aliphatic carbocycles. The summed E-state index contributed by atoms with van der Waals surface area (Å²) in [4.78, 5) is 13.6. The molecular weight excluding hydrogens is 212 g/mol. The largest absolute Gasteiger partial charge is 0.342 e. The number of carbonyl (C=O) groups excluding carboxylic acids is 1. The average molecular weight is 228 g/mol. The van der Waals surface area contributed by atoms with E-state index in [1.54, 1.807) is 4.90 Å². The molecule has 0 radical (unpaired) electrons. The molecule has 1 amide bonds. The highest BCUT2D eigenvalue weighted by Gasteiger charge is 2.09. The first kappa shape index (κ1) is 11.5. The second-order valence-corrected chi connectivity index (χ2v) is 3.96. The fraction of sp³-hybridized carbons (Fsp3) is 0.214. The molecule has 1 aromatic heterocycles. The van der Waals surface area contributed by atoms with E-state index < -0.39 is 0 Å². The lowest BCUT2D eigenvalue weighted by Crippen LogP contribution is -2.26. The van der Waals surface area contributed by atoms with E-state index in [0.29, 0.717) is 0 Å². The van der Waals surface area contributed by atoms with Gasteiger partial charge in [-0.05, 0) is 43.3 Å². The van der Waals surface area contributed by atoms with Gasteiger partial charge in [-0.2, -0.15) is 0 Å². The summed E-state index contributed by atoms with van der Waals surface area (Å²) in [5.74, 6) is 0.0616. The van der Waals surface area contributed by atoms with Crippen molar-refractivity contribution in [2.75, 3.05) is 13.6 Å². The quantitative estimate of drug-likeness (QED) is 0.792. The van der Waals surface area contributed by atoms with Crippen molar-refractivity contribution in [2.24, 2.45) is 0 Å². The number of aromatic nitrogens is 1. The van der Waals surface area contributed by atoms with E-state index in [1.807, 2.05) is 67.3 Å². The van der Waals surface area contributed by atoms with Crippen LogP contribution < -0.4 is 0 Å². The zero-order valence-corrected chi connectivity index (χ0v) is 10.1. The third kappa shape index (κ3) is 2.38. The summed E-state index contributed by atoms with van der Waals surface area (Å²) in [6, 6.07) is 11.6. The van der Waals surface area contributed by atoms with Crippen molar-refractivity contribution in [1.82, 2.24) is 9.47 Å². The Bertz CT molecular complexity index is 485. The maximum absolute atomic E-state index is 11.9. The monoisotopic (exact) mass is 228 g/mol. The van der Waals surface area contributed by atoms with Crippen molar-refractivity contribution < 1.29 is 4.79 Å². The van der Waals surface area contributed by atoms with Crippen LogP contribution in [0.5, 0.6) is 0 Å². The normalized spacial score (nSPS) is 10.2. The first-order valence-corrected chi connectivity index (χ1v) is 5.71. The number of hydrogen-bond acceptors (Lipinski definition) is 1. The molecule has 0 saturated carbocycles. The van der Waals surface area contributed by atoms with Crippen LogP contribution in [0.15, 0.2) is 48.8 Å². The van der Waals surface area contributed by atoms with Crippen molar-refractivity contribution in [3.05, 3.63) is 54.4 Å². The number of amides is 1. The van der Waals surface area contributed by atoms with Crippen LogP contribution in [0, 0.1) is 0 Å². The number of benzene rings is 1. The lowest BCUT2D eigenvalue weighted by molar-refractivity contribution is 0.0802. The molecule has 0 fully saturated rings. The van der Waals surface area contributed by atoms with E-state index in [4.69, 9.17) is 0 Å². The molecule has 3 nitrogen and oxygen atoms in total. The van der Waals surface area contributed by atoms with Gasteiger partial charge in [0.25, 0.3) is 5.91 Å². The van der Waals surface area contributed by atoms with Crippen LogP contribution >= 0.6 is 0 Å². The van der Waals surface area contributed by atoms with Gasteiger partial charge in [0.2, 0.25) is 0 Å². The third-order valence-electron chi connectivity index (χ3n) is 2.84. The zero-order chi connectivity index (χ0) is 12.3. The standard InChI is InChI=1S/C14H16N2O/c1-3-15(2)14(17)12-6-8-13(9-7-12)16-10-4-5-11-16/h4-11H,3H2,1-2H3. The molecule has 0 saturated heterocycles. The molecule has 0 spiro atoms. The number of rotatable bonds is 3. The van der Waals surface area contributed by atoms with Crippen LogP contribution in [0.4, 0.5) is 0 Å². The van der Waals surface area contributed by atoms with Crippen LogP contribution in [0.1, 0.15) is 17.3 Å². The Morgan fingerprint density at radius 2 is 1.76 bits per heavy atom. The highest BCUT2D eigenvalue weighted by molar-refractivity contribution is 5.94. The lowest BCUT2D eigenvalue weighted by Gasteiger charge is -2.14. The van der Waals surface area contributed by atoms with E-state index >= 15 is 0 Å². The highest BCUT2D eigenvalue weighted by atomic mass is 16.2. The van der Waals surface area contributed by atoms with E-state index in [2.05, 4.69) is 0 Å². The maximum Gasteiger partial charge on any atom is 0.253 e. The van der Waals surface area contributed by atoms with Gasteiger partial charge in [0.15, 0.2) is 0 Å². The third-order valence-corrected chi connectivity index (χ3v) is 2.84. The lowest BCUT2D eigenvalue weighted by atomic mass is 10.2. The van der Waals surface area contributed by atoms with Gasteiger partial charge < -0.3 is 9.47 Å². The molecule has 3 heteroatoms. The number of hydrogen-bond donors (Lipinski definition) is 0. The van der Waals surface area contributed by atoms with Crippen LogP contribution in [-0.2, 0) is 0 Å². The zero-order valence-electron chi connectivity index (χ0n) is 10.1. The van der Waals surface area contributed by atoms with E-state index in [0.717, 1.165) is 17.8 Å². The van der Waals surface area contributed by atoms with Gasteiger partial charge in [0.05, 0.1) is 0 Å². The molecule has 1 heterocycles. The molecule has 0 atom stereocenters. The van der Waals surface area contributed by atoms with Crippen LogP contribution in [0.2, 0.25) is 0 Å². The first-order valence-electron chi connectivity index (χ1n) is 5.71. The van der Waals surface area contributed by atoms with Crippen molar-refractivity contribution in [1.29, 1.82) is 0 Å². The summed E-state index contributed by atoms with van der Waals surface area (Å²) in [6.45, 7) is 2.68. The molecule has 2 rings (SSSR count). The fourth-order valence-corrected chi connectivity index (χ4v) is 1.65. The summed E-state index contributed by atoms with van der Waals surface area (Å²) >= 11 is 0. The molecule has 88 valence electrons. The van der Waals surface area contributed by atoms with Gasteiger partial charge in [-0.15, -0.1) is 0 Å². The Labute approximate surface area is 101 Å². The topological polar surface area (TPSA) is 25.2 Å². The van der Waals surface area contributed by atoms with Crippen LogP contribution in [-0.4, -0.2) is 29.0 Å². The minimum atomic E-state index is 0.0616. The predicted octanol–water partition coefficient (Wildman–Crippen LogP) is 2.57. The van der Waals surface area contributed by atoms with Gasteiger partial charge in [-0.25, -0.2) is 0 Å². The van der Waals surface area contributed by atoms with E-state index in [1.165, 1.54) is 0 Å². The maximum atomic E-state index is 11.9. The van der Waals surface area contributed by atoms with E-state index in [-0.39, 0.29) is 5.91 Å². The Kier molecular flexibility index (Phi) is 3.28. The van der Waals surface area contributed by atoms with Crippen molar-refractivity contribution in [3.63, 3.8) is 0 Å². The molecule has 0 aliphatic heterocycles. The van der Waals surface area contributed by atoms with Crippen molar-refractivity contribution in [2.45, 2.75) is 6.92 Å². The van der Waals surface area contributed by atoms with E-state index in [9.17, 15) is 4.79 Å². The Hall–Kier alpha value is -2.03. The average Bonchev–Trinajstić information content (AvgIpc) is 2.91. The molecule has 0 bridgehead atoms. The summed E-state index contributed by atoms with van der Waals surface area (Å²) in [7, 11) is 1.81. The van der Waals surface area contributed by atoms with Gasteiger partial charge in [0.1, 0.15) is 0 Å². The molecule has 2 aromatic rings.